The molecule has 0 radical (unpaired) electrons. The van der Waals surface area contributed by atoms with Crippen LogP contribution in [0.15, 0.2) is 63.2 Å². The zero-order valence-corrected chi connectivity index (χ0v) is 16.0. The maximum absolute atomic E-state index is 13.0. The van der Waals surface area contributed by atoms with Crippen LogP contribution in [0.3, 0.4) is 0 Å². The van der Waals surface area contributed by atoms with Crippen molar-refractivity contribution in [2.75, 3.05) is 7.11 Å². The molecule has 1 heterocycles. The zero-order chi connectivity index (χ0) is 19.6. The third-order valence-corrected chi connectivity index (χ3v) is 5.61. The number of para-hydroxylation sites is 2. The number of benzene rings is 2. The first kappa shape index (κ1) is 18.8. The van der Waals surface area contributed by atoms with Gasteiger partial charge in [-0.1, -0.05) is 23.7 Å². The summed E-state index contributed by atoms with van der Waals surface area (Å²) in [6.07, 6.45) is 0. The van der Waals surface area contributed by atoms with Crippen LogP contribution in [0.1, 0.15) is 11.1 Å². The molecule has 6 nitrogen and oxygen atoms in total. The van der Waals surface area contributed by atoms with E-state index in [0.29, 0.717) is 21.4 Å². The Morgan fingerprint density at radius 2 is 1.85 bits per heavy atom. The van der Waals surface area contributed by atoms with E-state index in [0.717, 1.165) is 4.68 Å². The first-order valence-electron chi connectivity index (χ1n) is 7.82. The number of hydrogen-bond donors (Lipinski definition) is 0. The molecule has 0 aliphatic rings. The molecule has 0 amide bonds. The smallest absolute Gasteiger partial charge is 0.289 e. The van der Waals surface area contributed by atoms with Gasteiger partial charge in [-0.15, -0.1) is 0 Å². The fourth-order valence-electron chi connectivity index (χ4n) is 2.53. The van der Waals surface area contributed by atoms with Gasteiger partial charge in [0.25, 0.3) is 5.56 Å². The van der Waals surface area contributed by atoms with Crippen LogP contribution in [0, 0.1) is 18.3 Å². The minimum atomic E-state index is -1.70. The molecule has 2 aromatic carbocycles. The molecule has 8 heteroatoms. The van der Waals surface area contributed by atoms with Gasteiger partial charge in [0, 0.05) is 15.5 Å². The molecule has 0 spiro atoms. The Hall–Kier alpha value is -2.95. The summed E-state index contributed by atoms with van der Waals surface area (Å²) in [7, 11) is -0.233. The predicted molar refractivity (Wildman–Crippen MR) is 102 cm³/mol. The van der Waals surface area contributed by atoms with Crippen molar-refractivity contribution in [1.29, 1.82) is 5.26 Å². The largest absolute Gasteiger partial charge is 0.494 e. The molecule has 0 saturated carbocycles. The maximum Gasteiger partial charge on any atom is 0.289 e. The Kier molecular flexibility index (Phi) is 5.40. The Morgan fingerprint density at radius 3 is 2.48 bits per heavy atom. The van der Waals surface area contributed by atoms with E-state index < -0.39 is 16.4 Å². The van der Waals surface area contributed by atoms with Crippen LogP contribution < -0.4 is 10.3 Å². The molecule has 0 aliphatic heterocycles. The molecule has 27 heavy (non-hydrogen) atoms. The van der Waals surface area contributed by atoms with Crippen LogP contribution in [0.25, 0.3) is 5.69 Å². The summed E-state index contributed by atoms with van der Waals surface area (Å²) < 4.78 is 19.4. The lowest BCUT2D eigenvalue weighted by molar-refractivity contribution is 0.410. The fourth-order valence-corrected chi connectivity index (χ4v) is 3.80. The van der Waals surface area contributed by atoms with Gasteiger partial charge in [-0.05, 0) is 43.3 Å². The van der Waals surface area contributed by atoms with Crippen LogP contribution in [0.2, 0.25) is 5.02 Å². The lowest BCUT2D eigenvalue weighted by Gasteiger charge is -2.13. The summed E-state index contributed by atoms with van der Waals surface area (Å²) in [4.78, 5) is 13.2. The molecule has 0 N–H and O–H groups in total. The van der Waals surface area contributed by atoms with Gasteiger partial charge in [-0.2, -0.15) is 15.0 Å². The highest BCUT2D eigenvalue weighted by molar-refractivity contribution is 7.85. The van der Waals surface area contributed by atoms with Gasteiger partial charge in [0.05, 0.1) is 7.11 Å². The molecule has 0 saturated heterocycles. The van der Waals surface area contributed by atoms with Crippen molar-refractivity contribution in [3.05, 3.63) is 75.0 Å². The predicted octanol–water partition coefficient (Wildman–Crippen LogP) is 3.24. The van der Waals surface area contributed by atoms with Crippen LogP contribution >= 0.6 is 11.6 Å². The monoisotopic (exact) mass is 399 g/mol. The Morgan fingerprint density at radius 1 is 1.19 bits per heavy atom. The van der Waals surface area contributed by atoms with Gasteiger partial charge >= 0.3 is 0 Å². The molecule has 1 unspecified atom stereocenters. The molecule has 0 bridgehead atoms. The van der Waals surface area contributed by atoms with Gasteiger partial charge in [0.2, 0.25) is 0 Å². The van der Waals surface area contributed by atoms with Gasteiger partial charge in [0.15, 0.2) is 5.03 Å². The van der Waals surface area contributed by atoms with Gasteiger partial charge < -0.3 is 4.74 Å². The number of aromatic nitrogens is 2. The second-order valence-corrected chi connectivity index (χ2v) is 7.36. The Balaban J connectivity index is 2.27. The van der Waals surface area contributed by atoms with E-state index in [2.05, 4.69) is 5.10 Å². The van der Waals surface area contributed by atoms with Crippen molar-refractivity contribution in [1.82, 2.24) is 9.78 Å². The lowest BCUT2D eigenvalue weighted by Crippen LogP contribution is -2.27. The lowest BCUT2D eigenvalue weighted by atomic mass is 10.2. The maximum atomic E-state index is 13.0. The number of methoxy groups -OCH3 is 1. The molecule has 1 aromatic heterocycles. The van der Waals surface area contributed by atoms with Crippen LogP contribution in [0.4, 0.5) is 0 Å². The fraction of sp³-hybridized carbons (Fsp3) is 0.105. The zero-order valence-electron chi connectivity index (χ0n) is 14.5. The third-order valence-electron chi connectivity index (χ3n) is 3.92. The Bertz CT molecular complexity index is 1130. The average Bonchev–Trinajstić information content (AvgIpc) is 2.69. The van der Waals surface area contributed by atoms with E-state index >= 15 is 0 Å². The minimum absolute atomic E-state index is 0.117. The number of nitriles is 1. The summed E-state index contributed by atoms with van der Waals surface area (Å²) in [5.74, 6) is 0.406. The quantitative estimate of drug-likeness (QED) is 0.672. The minimum Gasteiger partial charge on any atom is -0.494 e. The summed E-state index contributed by atoms with van der Waals surface area (Å²) in [6.45, 7) is 1.56. The molecule has 0 aliphatic carbocycles. The van der Waals surface area contributed by atoms with E-state index in [4.69, 9.17) is 16.3 Å². The second kappa shape index (κ2) is 7.74. The number of ether oxygens (including phenoxy) is 1. The Labute approximate surface area is 163 Å². The highest BCUT2D eigenvalue weighted by Crippen LogP contribution is 2.24. The molecular formula is C19H14ClN3O3S. The van der Waals surface area contributed by atoms with Gasteiger partial charge in [-0.3, -0.25) is 4.79 Å². The number of nitrogens with zero attached hydrogens (tertiary/aromatic N) is 3. The van der Waals surface area contributed by atoms with E-state index in [9.17, 15) is 14.3 Å². The van der Waals surface area contributed by atoms with E-state index in [1.165, 1.54) is 7.11 Å². The number of rotatable bonds is 4. The SMILES string of the molecule is COc1ccccc1-n1nc(S(=O)c2ccc(Cl)cc2)c(C)c(C#N)c1=O. The molecule has 0 fully saturated rings. The van der Waals surface area contributed by atoms with Crippen LogP contribution in [0.5, 0.6) is 5.75 Å². The molecular weight excluding hydrogens is 386 g/mol. The topological polar surface area (TPSA) is 85.0 Å². The van der Waals surface area contributed by atoms with E-state index in [1.807, 2.05) is 6.07 Å². The molecule has 136 valence electrons. The average molecular weight is 400 g/mol. The van der Waals surface area contributed by atoms with Crippen molar-refractivity contribution in [2.24, 2.45) is 0 Å². The number of hydrogen-bond acceptors (Lipinski definition) is 5. The first-order valence-corrected chi connectivity index (χ1v) is 9.35. The normalized spacial score (nSPS) is 11.6. The van der Waals surface area contributed by atoms with E-state index in [-0.39, 0.29) is 16.2 Å². The summed E-state index contributed by atoms with van der Waals surface area (Å²) in [5.41, 5.74) is -0.0811. The molecule has 1 atom stereocenters. The second-order valence-electron chi connectivity index (χ2n) is 5.53. The van der Waals surface area contributed by atoms with Gasteiger partial charge in [0.1, 0.15) is 33.9 Å². The van der Waals surface area contributed by atoms with Crippen LogP contribution in [-0.2, 0) is 10.8 Å². The van der Waals surface area contributed by atoms with Crippen molar-refractivity contribution in [3.63, 3.8) is 0 Å². The number of halogens is 1. The third kappa shape index (κ3) is 3.50. The van der Waals surface area contributed by atoms with Crippen molar-refractivity contribution < 1.29 is 8.95 Å². The van der Waals surface area contributed by atoms with Crippen LogP contribution in [-0.4, -0.2) is 21.1 Å². The van der Waals surface area contributed by atoms with Crippen molar-refractivity contribution in [2.45, 2.75) is 16.8 Å². The molecule has 3 aromatic rings. The highest BCUT2D eigenvalue weighted by Gasteiger charge is 2.21. The van der Waals surface area contributed by atoms with E-state index in [1.54, 1.807) is 55.5 Å². The molecule has 3 rings (SSSR count). The van der Waals surface area contributed by atoms with Crippen molar-refractivity contribution >= 4 is 22.4 Å². The summed E-state index contributed by atoms with van der Waals surface area (Å²) in [6, 6.07) is 15.1. The first-order chi connectivity index (χ1) is 13.0. The summed E-state index contributed by atoms with van der Waals surface area (Å²) in [5, 5.41) is 14.4. The van der Waals surface area contributed by atoms with Crippen molar-refractivity contribution in [3.8, 4) is 17.5 Å². The summed E-state index contributed by atoms with van der Waals surface area (Å²) >= 11 is 5.88. The highest BCUT2D eigenvalue weighted by atomic mass is 35.5. The van der Waals surface area contributed by atoms with Gasteiger partial charge in [-0.25, -0.2) is 4.21 Å². The standard InChI is InChI=1S/C19H14ClN3O3S/c1-12-15(11-21)19(24)23(16-5-3-4-6-17(16)26-2)22-18(12)27(25)14-9-7-13(20)8-10-14/h3-10H,1-2H3.